The molecule has 0 amide bonds. The van der Waals surface area contributed by atoms with Gasteiger partial charge in [-0.25, -0.2) is 4.98 Å². The molecule has 0 atom stereocenters. The third kappa shape index (κ3) is 3.35. The molecule has 4 rings (SSSR count). The van der Waals surface area contributed by atoms with Crippen LogP contribution in [0.25, 0.3) is 10.6 Å². The molecule has 2 fully saturated rings. The maximum atomic E-state index is 4.64. The van der Waals surface area contributed by atoms with Crippen LogP contribution in [0.15, 0.2) is 30.5 Å². The zero-order chi connectivity index (χ0) is 15.7. The van der Waals surface area contributed by atoms with Gasteiger partial charge in [0.05, 0.1) is 0 Å². The molecule has 2 aliphatic heterocycles. The Labute approximate surface area is 142 Å². The quantitative estimate of drug-likeness (QED) is 0.932. The number of aromatic nitrogens is 1. The maximum absolute atomic E-state index is 4.64. The van der Waals surface area contributed by atoms with Gasteiger partial charge in [-0.2, -0.15) is 0 Å². The number of hydrogen-bond donors (Lipinski definition) is 1. The molecule has 4 heteroatoms. The molecule has 3 heterocycles. The van der Waals surface area contributed by atoms with Crippen LogP contribution in [-0.2, 0) is 6.54 Å². The van der Waals surface area contributed by atoms with E-state index in [2.05, 4.69) is 52.6 Å². The monoisotopic (exact) mass is 327 g/mol. The SMILES string of the molecule is Cc1ccc(-c2ncc(CN3CCC4(CCNCC4)C3)s2)cc1. The minimum Gasteiger partial charge on any atom is -0.317 e. The van der Waals surface area contributed by atoms with E-state index < -0.39 is 0 Å². The normalized spacial score (nSPS) is 21.1. The number of likely N-dealkylation sites (tertiary alicyclic amines) is 1. The predicted octanol–water partition coefficient (Wildman–Crippen LogP) is 3.69. The zero-order valence-corrected chi connectivity index (χ0v) is 14.7. The average Bonchev–Trinajstić information content (AvgIpc) is 3.17. The first-order valence-corrected chi connectivity index (χ1v) is 9.49. The highest BCUT2D eigenvalue weighted by molar-refractivity contribution is 7.15. The molecule has 2 aliphatic rings. The Morgan fingerprint density at radius 1 is 1.17 bits per heavy atom. The van der Waals surface area contributed by atoms with E-state index in [-0.39, 0.29) is 0 Å². The van der Waals surface area contributed by atoms with E-state index in [9.17, 15) is 0 Å². The number of hydrogen-bond acceptors (Lipinski definition) is 4. The van der Waals surface area contributed by atoms with Gasteiger partial charge < -0.3 is 5.32 Å². The lowest BCUT2D eigenvalue weighted by molar-refractivity contribution is 0.194. The number of benzene rings is 1. The van der Waals surface area contributed by atoms with Crippen LogP contribution in [0.4, 0.5) is 0 Å². The summed E-state index contributed by atoms with van der Waals surface area (Å²) in [6, 6.07) is 8.69. The highest BCUT2D eigenvalue weighted by Gasteiger charge is 2.38. The average molecular weight is 327 g/mol. The van der Waals surface area contributed by atoms with E-state index >= 15 is 0 Å². The number of thiazole rings is 1. The summed E-state index contributed by atoms with van der Waals surface area (Å²) >= 11 is 1.85. The minimum atomic E-state index is 0.593. The number of nitrogens with zero attached hydrogens (tertiary/aromatic N) is 2. The third-order valence-corrected chi connectivity index (χ3v) is 6.44. The molecule has 0 aliphatic carbocycles. The van der Waals surface area contributed by atoms with Crippen molar-refractivity contribution in [1.82, 2.24) is 15.2 Å². The lowest BCUT2D eigenvalue weighted by Gasteiger charge is -2.33. The van der Waals surface area contributed by atoms with Gasteiger partial charge in [0.1, 0.15) is 5.01 Å². The molecular weight excluding hydrogens is 302 g/mol. The van der Waals surface area contributed by atoms with Gasteiger partial charge >= 0.3 is 0 Å². The maximum Gasteiger partial charge on any atom is 0.123 e. The van der Waals surface area contributed by atoms with Crippen LogP contribution < -0.4 is 5.32 Å². The Kier molecular flexibility index (Phi) is 4.22. The molecule has 1 aromatic carbocycles. The molecule has 0 radical (unpaired) electrons. The zero-order valence-electron chi connectivity index (χ0n) is 13.8. The molecular formula is C19H25N3S. The Morgan fingerprint density at radius 3 is 2.74 bits per heavy atom. The van der Waals surface area contributed by atoms with Gasteiger partial charge in [-0.1, -0.05) is 29.8 Å². The molecule has 0 saturated carbocycles. The summed E-state index contributed by atoms with van der Waals surface area (Å²) in [6.45, 7) is 8.11. The van der Waals surface area contributed by atoms with E-state index in [1.165, 1.54) is 61.4 Å². The minimum absolute atomic E-state index is 0.593. The van der Waals surface area contributed by atoms with E-state index in [0.29, 0.717) is 5.41 Å². The van der Waals surface area contributed by atoms with Crippen molar-refractivity contribution in [2.24, 2.45) is 5.41 Å². The molecule has 2 aromatic rings. The van der Waals surface area contributed by atoms with Crippen molar-refractivity contribution in [2.45, 2.75) is 32.7 Å². The molecule has 122 valence electrons. The summed E-state index contributed by atoms with van der Waals surface area (Å²) in [5.41, 5.74) is 3.13. The van der Waals surface area contributed by atoms with Crippen LogP contribution in [0.3, 0.4) is 0 Å². The van der Waals surface area contributed by atoms with Gasteiger partial charge in [0.25, 0.3) is 0 Å². The highest BCUT2D eigenvalue weighted by atomic mass is 32.1. The van der Waals surface area contributed by atoms with Crippen molar-refractivity contribution >= 4 is 11.3 Å². The third-order valence-electron chi connectivity index (χ3n) is 5.41. The van der Waals surface area contributed by atoms with Gasteiger partial charge in [-0.3, -0.25) is 4.90 Å². The fourth-order valence-electron chi connectivity index (χ4n) is 3.96. The first kappa shape index (κ1) is 15.3. The second-order valence-electron chi connectivity index (χ2n) is 7.21. The van der Waals surface area contributed by atoms with Gasteiger partial charge in [0, 0.05) is 29.7 Å². The molecule has 1 spiro atoms. The number of rotatable bonds is 3. The largest absolute Gasteiger partial charge is 0.317 e. The Bertz CT molecular complexity index is 656. The van der Waals surface area contributed by atoms with Gasteiger partial charge in [-0.15, -0.1) is 11.3 Å². The van der Waals surface area contributed by atoms with Crippen molar-refractivity contribution in [3.05, 3.63) is 40.9 Å². The summed E-state index contributed by atoms with van der Waals surface area (Å²) < 4.78 is 0. The Morgan fingerprint density at radius 2 is 1.96 bits per heavy atom. The highest BCUT2D eigenvalue weighted by Crippen LogP contribution is 2.39. The molecule has 0 bridgehead atoms. The van der Waals surface area contributed by atoms with Gasteiger partial charge in [-0.05, 0) is 51.2 Å². The van der Waals surface area contributed by atoms with Crippen molar-refractivity contribution in [3.8, 4) is 10.6 Å². The predicted molar refractivity (Wildman–Crippen MR) is 96.7 cm³/mol. The second-order valence-corrected chi connectivity index (χ2v) is 8.32. The lowest BCUT2D eigenvalue weighted by Crippen LogP contribution is -2.38. The molecule has 23 heavy (non-hydrogen) atoms. The van der Waals surface area contributed by atoms with Crippen LogP contribution >= 0.6 is 11.3 Å². The smallest absolute Gasteiger partial charge is 0.123 e. The van der Waals surface area contributed by atoms with Gasteiger partial charge in [0.15, 0.2) is 0 Å². The molecule has 1 aromatic heterocycles. The van der Waals surface area contributed by atoms with Crippen LogP contribution in [0.5, 0.6) is 0 Å². The Balaban J connectivity index is 1.41. The van der Waals surface area contributed by atoms with Crippen LogP contribution in [0.1, 0.15) is 29.7 Å². The van der Waals surface area contributed by atoms with Crippen LogP contribution in [0, 0.1) is 12.3 Å². The van der Waals surface area contributed by atoms with E-state index in [1.807, 2.05) is 11.3 Å². The number of aryl methyl sites for hydroxylation is 1. The van der Waals surface area contributed by atoms with E-state index in [4.69, 9.17) is 0 Å². The number of nitrogens with one attached hydrogen (secondary N) is 1. The lowest BCUT2D eigenvalue weighted by atomic mass is 9.78. The standard InChI is InChI=1S/C19H25N3S/c1-15-2-4-16(5-3-15)18-21-12-17(23-18)13-22-11-8-19(14-22)6-9-20-10-7-19/h2-5,12,20H,6-11,13-14H2,1H3. The summed E-state index contributed by atoms with van der Waals surface area (Å²) in [7, 11) is 0. The molecule has 1 N–H and O–H groups in total. The van der Waals surface area contributed by atoms with Crippen molar-refractivity contribution in [2.75, 3.05) is 26.2 Å². The molecule has 0 unspecified atom stereocenters. The fourth-order valence-corrected chi connectivity index (χ4v) is 4.92. The first-order valence-electron chi connectivity index (χ1n) is 8.67. The van der Waals surface area contributed by atoms with Crippen molar-refractivity contribution in [1.29, 1.82) is 0 Å². The van der Waals surface area contributed by atoms with Crippen LogP contribution in [0.2, 0.25) is 0 Å². The topological polar surface area (TPSA) is 28.2 Å². The summed E-state index contributed by atoms with van der Waals surface area (Å²) in [5.74, 6) is 0. The molecule has 2 saturated heterocycles. The summed E-state index contributed by atoms with van der Waals surface area (Å²) in [6.07, 6.45) is 6.15. The summed E-state index contributed by atoms with van der Waals surface area (Å²) in [4.78, 5) is 8.68. The fraction of sp³-hybridized carbons (Fsp3) is 0.526. The van der Waals surface area contributed by atoms with E-state index in [0.717, 1.165) is 11.6 Å². The molecule has 3 nitrogen and oxygen atoms in total. The summed E-state index contributed by atoms with van der Waals surface area (Å²) in [5, 5.41) is 4.65. The van der Waals surface area contributed by atoms with Gasteiger partial charge in [0.2, 0.25) is 0 Å². The second kappa shape index (κ2) is 6.34. The van der Waals surface area contributed by atoms with Crippen molar-refractivity contribution in [3.63, 3.8) is 0 Å². The number of piperidine rings is 1. The van der Waals surface area contributed by atoms with Crippen molar-refractivity contribution < 1.29 is 0 Å². The van der Waals surface area contributed by atoms with Crippen LogP contribution in [-0.4, -0.2) is 36.1 Å². The Hall–Kier alpha value is -1.23. The first-order chi connectivity index (χ1) is 11.2. The van der Waals surface area contributed by atoms with E-state index in [1.54, 1.807) is 0 Å².